The third-order valence-electron chi connectivity index (χ3n) is 3.17. The molecule has 0 saturated heterocycles. The standard InChI is InChI=1S/C17H15F2NO4/c18-12-3-1-11(2-4-12)15(9-17(22)23)20-16(21)10-24-14-7-5-13(19)6-8-14/h1-8,15H,9-10H2,(H,20,21)(H,22,23). The van der Waals surface area contributed by atoms with E-state index in [4.69, 9.17) is 9.84 Å². The van der Waals surface area contributed by atoms with Crippen molar-refractivity contribution in [1.29, 1.82) is 0 Å². The molecule has 0 aliphatic heterocycles. The molecular weight excluding hydrogens is 320 g/mol. The molecule has 0 radical (unpaired) electrons. The number of rotatable bonds is 7. The second-order valence-corrected chi connectivity index (χ2v) is 5.01. The topological polar surface area (TPSA) is 75.6 Å². The first kappa shape index (κ1) is 17.4. The third-order valence-corrected chi connectivity index (χ3v) is 3.17. The molecule has 2 aromatic carbocycles. The number of halogens is 2. The van der Waals surface area contributed by atoms with Crippen LogP contribution in [-0.4, -0.2) is 23.6 Å². The predicted octanol–water partition coefficient (Wildman–Crippen LogP) is 2.68. The summed E-state index contributed by atoms with van der Waals surface area (Å²) in [5, 5.41) is 11.5. The summed E-state index contributed by atoms with van der Waals surface area (Å²) >= 11 is 0. The van der Waals surface area contributed by atoms with Crippen molar-refractivity contribution in [2.45, 2.75) is 12.5 Å². The van der Waals surface area contributed by atoms with Crippen LogP contribution in [0.1, 0.15) is 18.0 Å². The monoisotopic (exact) mass is 335 g/mol. The number of amides is 1. The van der Waals surface area contributed by atoms with Gasteiger partial charge in [-0.05, 0) is 42.0 Å². The van der Waals surface area contributed by atoms with Gasteiger partial charge < -0.3 is 15.2 Å². The highest BCUT2D eigenvalue weighted by atomic mass is 19.1. The van der Waals surface area contributed by atoms with Crippen LogP contribution in [0.3, 0.4) is 0 Å². The predicted molar refractivity (Wildman–Crippen MR) is 81.4 cm³/mol. The number of benzene rings is 2. The Morgan fingerprint density at radius 3 is 2.08 bits per heavy atom. The molecule has 5 nitrogen and oxygen atoms in total. The van der Waals surface area contributed by atoms with Gasteiger partial charge in [-0.25, -0.2) is 8.78 Å². The molecule has 0 heterocycles. The zero-order valence-electron chi connectivity index (χ0n) is 12.5. The lowest BCUT2D eigenvalue weighted by Gasteiger charge is -2.17. The van der Waals surface area contributed by atoms with Crippen LogP contribution < -0.4 is 10.1 Å². The molecule has 0 spiro atoms. The number of carboxylic acid groups (broad SMARTS) is 1. The average Bonchev–Trinajstić information content (AvgIpc) is 2.54. The van der Waals surface area contributed by atoms with E-state index in [1.807, 2.05) is 0 Å². The molecule has 0 fully saturated rings. The Bertz CT molecular complexity index is 702. The van der Waals surface area contributed by atoms with Crippen LogP contribution >= 0.6 is 0 Å². The SMILES string of the molecule is O=C(O)CC(NC(=O)COc1ccc(F)cc1)c1ccc(F)cc1. The van der Waals surface area contributed by atoms with Crippen molar-refractivity contribution in [3.05, 3.63) is 65.7 Å². The van der Waals surface area contributed by atoms with E-state index < -0.39 is 29.6 Å². The molecule has 1 unspecified atom stereocenters. The number of carbonyl (C=O) groups excluding carboxylic acids is 1. The highest BCUT2D eigenvalue weighted by molar-refractivity contribution is 5.79. The highest BCUT2D eigenvalue weighted by Gasteiger charge is 2.18. The average molecular weight is 335 g/mol. The van der Waals surface area contributed by atoms with E-state index in [2.05, 4.69) is 5.32 Å². The van der Waals surface area contributed by atoms with E-state index in [1.54, 1.807) is 0 Å². The van der Waals surface area contributed by atoms with E-state index in [-0.39, 0.29) is 13.0 Å². The minimum atomic E-state index is -1.11. The lowest BCUT2D eigenvalue weighted by Crippen LogP contribution is -2.33. The number of hydrogen-bond donors (Lipinski definition) is 2. The van der Waals surface area contributed by atoms with Gasteiger partial charge in [-0.2, -0.15) is 0 Å². The maximum atomic E-state index is 13.0. The molecule has 0 aliphatic rings. The van der Waals surface area contributed by atoms with E-state index in [0.29, 0.717) is 11.3 Å². The first-order valence-corrected chi connectivity index (χ1v) is 7.09. The zero-order chi connectivity index (χ0) is 17.5. The molecule has 2 aromatic rings. The number of aliphatic carboxylic acids is 1. The maximum Gasteiger partial charge on any atom is 0.305 e. The van der Waals surface area contributed by atoms with Crippen molar-refractivity contribution in [3.8, 4) is 5.75 Å². The summed E-state index contributed by atoms with van der Waals surface area (Å²) in [7, 11) is 0. The molecule has 126 valence electrons. The number of carbonyl (C=O) groups is 2. The molecule has 0 bridgehead atoms. The van der Waals surface area contributed by atoms with Gasteiger partial charge in [-0.3, -0.25) is 9.59 Å². The summed E-state index contributed by atoms with van der Waals surface area (Å²) in [6, 6.07) is 9.50. The highest BCUT2D eigenvalue weighted by Crippen LogP contribution is 2.17. The fraction of sp³-hybridized carbons (Fsp3) is 0.176. The molecule has 1 amide bonds. The zero-order valence-corrected chi connectivity index (χ0v) is 12.5. The van der Waals surface area contributed by atoms with Crippen LogP contribution in [0.25, 0.3) is 0 Å². The van der Waals surface area contributed by atoms with Gasteiger partial charge in [0.1, 0.15) is 17.4 Å². The Balaban J connectivity index is 1.97. The Kier molecular flexibility index (Phi) is 5.83. The fourth-order valence-electron chi connectivity index (χ4n) is 2.04. The minimum Gasteiger partial charge on any atom is -0.484 e. The molecule has 0 saturated carbocycles. The Morgan fingerprint density at radius 1 is 1.00 bits per heavy atom. The smallest absolute Gasteiger partial charge is 0.305 e. The van der Waals surface area contributed by atoms with Crippen LogP contribution in [-0.2, 0) is 9.59 Å². The first-order chi connectivity index (χ1) is 11.4. The largest absolute Gasteiger partial charge is 0.484 e. The molecule has 2 N–H and O–H groups in total. The summed E-state index contributed by atoms with van der Waals surface area (Å²) in [4.78, 5) is 22.9. The van der Waals surface area contributed by atoms with Gasteiger partial charge in [-0.1, -0.05) is 12.1 Å². The van der Waals surface area contributed by atoms with Gasteiger partial charge in [-0.15, -0.1) is 0 Å². The number of ether oxygens (including phenoxy) is 1. The molecule has 24 heavy (non-hydrogen) atoms. The molecule has 0 aromatic heterocycles. The van der Waals surface area contributed by atoms with E-state index in [1.165, 1.54) is 48.5 Å². The van der Waals surface area contributed by atoms with Gasteiger partial charge in [0.25, 0.3) is 5.91 Å². The molecule has 0 aliphatic carbocycles. The third kappa shape index (κ3) is 5.35. The number of nitrogens with one attached hydrogen (secondary N) is 1. The van der Waals surface area contributed by atoms with Crippen molar-refractivity contribution < 1.29 is 28.2 Å². The second kappa shape index (κ2) is 8.05. The van der Waals surface area contributed by atoms with Gasteiger partial charge >= 0.3 is 5.97 Å². The Morgan fingerprint density at radius 2 is 1.54 bits per heavy atom. The van der Waals surface area contributed by atoms with Gasteiger partial charge in [0.2, 0.25) is 0 Å². The summed E-state index contributed by atoms with van der Waals surface area (Å²) in [5.41, 5.74) is 0.467. The first-order valence-electron chi connectivity index (χ1n) is 7.09. The quantitative estimate of drug-likeness (QED) is 0.816. The minimum absolute atomic E-state index is 0.308. The lowest BCUT2D eigenvalue weighted by atomic mass is 10.0. The summed E-state index contributed by atoms with van der Waals surface area (Å²) in [6.45, 7) is -0.358. The van der Waals surface area contributed by atoms with Crippen LogP contribution in [0.4, 0.5) is 8.78 Å². The number of hydrogen-bond acceptors (Lipinski definition) is 3. The van der Waals surface area contributed by atoms with Gasteiger partial charge in [0.05, 0.1) is 12.5 Å². The van der Waals surface area contributed by atoms with Crippen molar-refractivity contribution >= 4 is 11.9 Å². The van der Waals surface area contributed by atoms with Gasteiger partial charge in [0.15, 0.2) is 6.61 Å². The van der Waals surface area contributed by atoms with Crippen LogP contribution in [0.2, 0.25) is 0 Å². The van der Waals surface area contributed by atoms with Crippen LogP contribution in [0.15, 0.2) is 48.5 Å². The molecular formula is C17H15F2NO4. The van der Waals surface area contributed by atoms with Crippen LogP contribution in [0.5, 0.6) is 5.75 Å². The van der Waals surface area contributed by atoms with E-state index in [0.717, 1.165) is 0 Å². The molecule has 2 rings (SSSR count). The number of carboxylic acids is 1. The maximum absolute atomic E-state index is 13.0. The van der Waals surface area contributed by atoms with Crippen molar-refractivity contribution in [1.82, 2.24) is 5.32 Å². The Hall–Kier alpha value is -2.96. The molecule has 1 atom stereocenters. The summed E-state index contributed by atoms with van der Waals surface area (Å²) < 4.78 is 30.9. The fourth-order valence-corrected chi connectivity index (χ4v) is 2.04. The molecule has 7 heteroatoms. The summed E-state index contributed by atoms with van der Waals surface area (Å²) in [6.07, 6.45) is -0.353. The van der Waals surface area contributed by atoms with Crippen molar-refractivity contribution in [3.63, 3.8) is 0 Å². The summed E-state index contributed by atoms with van der Waals surface area (Å²) in [5.74, 6) is -2.23. The lowest BCUT2D eigenvalue weighted by molar-refractivity contribution is -0.137. The van der Waals surface area contributed by atoms with Crippen LogP contribution in [0, 0.1) is 11.6 Å². The van der Waals surface area contributed by atoms with Crippen molar-refractivity contribution in [2.75, 3.05) is 6.61 Å². The van der Waals surface area contributed by atoms with E-state index >= 15 is 0 Å². The normalized spacial score (nSPS) is 11.6. The Labute approximate surface area is 136 Å². The van der Waals surface area contributed by atoms with Crippen molar-refractivity contribution in [2.24, 2.45) is 0 Å². The second-order valence-electron chi connectivity index (χ2n) is 5.01. The van der Waals surface area contributed by atoms with E-state index in [9.17, 15) is 18.4 Å². The van der Waals surface area contributed by atoms with Gasteiger partial charge in [0, 0.05) is 0 Å².